The van der Waals surface area contributed by atoms with Crippen LogP contribution in [0.5, 0.6) is 0 Å². The minimum atomic E-state index is -0.147. The van der Waals surface area contributed by atoms with E-state index in [4.69, 9.17) is 5.73 Å². The highest BCUT2D eigenvalue weighted by molar-refractivity contribution is 6.03. The van der Waals surface area contributed by atoms with E-state index >= 15 is 0 Å². The van der Waals surface area contributed by atoms with Gasteiger partial charge in [0, 0.05) is 18.4 Å². The van der Waals surface area contributed by atoms with E-state index in [1.807, 2.05) is 6.92 Å². The summed E-state index contributed by atoms with van der Waals surface area (Å²) in [7, 11) is 0. The van der Waals surface area contributed by atoms with Crippen LogP contribution in [0.3, 0.4) is 0 Å². The third-order valence-electron chi connectivity index (χ3n) is 3.52. The number of carbonyl (C=O) groups excluding carboxylic acids is 2. The minimum Gasteiger partial charge on any atom is -0.326 e. The Kier molecular flexibility index (Phi) is 2.78. The monoisotopic (exact) mass is 210 g/mol. The zero-order valence-corrected chi connectivity index (χ0v) is 9.11. The van der Waals surface area contributed by atoms with Crippen molar-refractivity contribution in [3.8, 4) is 0 Å². The Morgan fingerprint density at radius 2 is 1.93 bits per heavy atom. The molecule has 0 aromatic heterocycles. The summed E-state index contributed by atoms with van der Waals surface area (Å²) in [6.07, 6.45) is 4.36. The molecular formula is C11H18N2O2. The van der Waals surface area contributed by atoms with Gasteiger partial charge in [0.05, 0.1) is 6.04 Å². The van der Waals surface area contributed by atoms with Crippen LogP contribution in [-0.4, -0.2) is 28.8 Å². The van der Waals surface area contributed by atoms with Gasteiger partial charge in [0.15, 0.2) is 0 Å². The highest BCUT2D eigenvalue weighted by Gasteiger charge is 2.42. The van der Waals surface area contributed by atoms with Gasteiger partial charge in [-0.1, -0.05) is 19.8 Å². The topological polar surface area (TPSA) is 63.4 Å². The molecule has 1 aliphatic carbocycles. The molecule has 15 heavy (non-hydrogen) atoms. The van der Waals surface area contributed by atoms with E-state index in [-0.39, 0.29) is 29.8 Å². The summed E-state index contributed by atoms with van der Waals surface area (Å²) in [6, 6.07) is -0.0550. The zero-order valence-electron chi connectivity index (χ0n) is 9.11. The van der Waals surface area contributed by atoms with Crippen LogP contribution >= 0.6 is 0 Å². The van der Waals surface area contributed by atoms with Crippen LogP contribution in [0, 0.1) is 5.92 Å². The van der Waals surface area contributed by atoms with Gasteiger partial charge < -0.3 is 5.73 Å². The first-order valence-electron chi connectivity index (χ1n) is 5.72. The van der Waals surface area contributed by atoms with Crippen molar-refractivity contribution in [1.82, 2.24) is 4.90 Å². The first-order valence-corrected chi connectivity index (χ1v) is 5.72. The molecule has 2 N–H and O–H groups in total. The number of amides is 2. The molecule has 4 nitrogen and oxygen atoms in total. The SMILES string of the molecule is CC1CC(=O)N([C@@H]2CCCC[C@H]2N)C1=O. The second-order valence-corrected chi connectivity index (χ2v) is 4.72. The van der Waals surface area contributed by atoms with Gasteiger partial charge in [-0.05, 0) is 12.8 Å². The van der Waals surface area contributed by atoms with Gasteiger partial charge >= 0.3 is 0 Å². The van der Waals surface area contributed by atoms with Crippen molar-refractivity contribution in [3.63, 3.8) is 0 Å². The molecule has 0 bridgehead atoms. The second-order valence-electron chi connectivity index (χ2n) is 4.72. The van der Waals surface area contributed by atoms with Gasteiger partial charge in [0.2, 0.25) is 11.8 Å². The number of hydrogen-bond acceptors (Lipinski definition) is 3. The average molecular weight is 210 g/mol. The maximum Gasteiger partial charge on any atom is 0.232 e. The summed E-state index contributed by atoms with van der Waals surface area (Å²) in [6.45, 7) is 1.81. The number of nitrogens with two attached hydrogens (primary N) is 1. The Morgan fingerprint density at radius 1 is 1.27 bits per heavy atom. The summed E-state index contributed by atoms with van der Waals surface area (Å²) in [5.41, 5.74) is 5.98. The summed E-state index contributed by atoms with van der Waals surface area (Å²) in [5, 5.41) is 0. The Labute approximate surface area is 89.8 Å². The normalized spacial score (nSPS) is 37.5. The molecule has 1 heterocycles. The van der Waals surface area contributed by atoms with E-state index in [1.54, 1.807) is 0 Å². The zero-order chi connectivity index (χ0) is 11.0. The molecule has 2 fully saturated rings. The molecule has 0 radical (unpaired) electrons. The van der Waals surface area contributed by atoms with Crippen molar-refractivity contribution >= 4 is 11.8 Å². The fourth-order valence-corrected chi connectivity index (χ4v) is 2.62. The third kappa shape index (κ3) is 1.78. The maximum atomic E-state index is 11.8. The Balaban J connectivity index is 2.15. The molecule has 0 aromatic carbocycles. The predicted octanol–water partition coefficient (Wildman–Crippen LogP) is 0.651. The van der Waals surface area contributed by atoms with Gasteiger partial charge in [-0.25, -0.2) is 0 Å². The van der Waals surface area contributed by atoms with Crippen molar-refractivity contribution < 1.29 is 9.59 Å². The molecule has 1 aliphatic heterocycles. The van der Waals surface area contributed by atoms with Crippen molar-refractivity contribution in [2.24, 2.45) is 11.7 Å². The van der Waals surface area contributed by atoms with Gasteiger partial charge in [-0.15, -0.1) is 0 Å². The van der Waals surface area contributed by atoms with Crippen LogP contribution in [0.1, 0.15) is 39.0 Å². The predicted molar refractivity (Wildman–Crippen MR) is 55.9 cm³/mol. The second kappa shape index (κ2) is 3.93. The minimum absolute atomic E-state index is 0.0167. The lowest BCUT2D eigenvalue weighted by molar-refractivity contribution is -0.143. The molecule has 1 saturated heterocycles. The molecule has 1 unspecified atom stereocenters. The van der Waals surface area contributed by atoms with Crippen LogP contribution in [0.2, 0.25) is 0 Å². The van der Waals surface area contributed by atoms with Crippen molar-refractivity contribution in [2.75, 3.05) is 0 Å². The standard InChI is InChI=1S/C11H18N2O2/c1-7-6-10(14)13(11(7)15)9-5-3-2-4-8(9)12/h7-9H,2-6,12H2,1H3/t7?,8-,9-/m1/s1. The highest BCUT2D eigenvalue weighted by Crippen LogP contribution is 2.28. The molecular weight excluding hydrogens is 192 g/mol. The average Bonchev–Trinajstić information content (AvgIpc) is 2.43. The van der Waals surface area contributed by atoms with Crippen molar-refractivity contribution in [2.45, 2.75) is 51.1 Å². The molecule has 0 spiro atoms. The molecule has 1 saturated carbocycles. The largest absolute Gasteiger partial charge is 0.326 e. The fraction of sp³-hybridized carbons (Fsp3) is 0.818. The molecule has 2 amide bonds. The van der Waals surface area contributed by atoms with Crippen molar-refractivity contribution in [3.05, 3.63) is 0 Å². The molecule has 0 aromatic rings. The van der Waals surface area contributed by atoms with E-state index in [9.17, 15) is 9.59 Å². The number of hydrogen-bond donors (Lipinski definition) is 1. The van der Waals surface area contributed by atoms with Crippen LogP contribution < -0.4 is 5.73 Å². The van der Waals surface area contributed by atoms with Gasteiger partial charge in [0.25, 0.3) is 0 Å². The molecule has 2 aliphatic rings. The number of likely N-dealkylation sites (tertiary alicyclic amines) is 1. The van der Waals surface area contributed by atoms with Crippen LogP contribution in [-0.2, 0) is 9.59 Å². The van der Waals surface area contributed by atoms with E-state index in [0.717, 1.165) is 25.7 Å². The summed E-state index contributed by atoms with van der Waals surface area (Å²) in [4.78, 5) is 24.9. The van der Waals surface area contributed by atoms with E-state index in [0.29, 0.717) is 6.42 Å². The van der Waals surface area contributed by atoms with Crippen LogP contribution in [0.15, 0.2) is 0 Å². The Hall–Kier alpha value is -0.900. The van der Waals surface area contributed by atoms with Crippen LogP contribution in [0.25, 0.3) is 0 Å². The van der Waals surface area contributed by atoms with Crippen LogP contribution in [0.4, 0.5) is 0 Å². The molecule has 4 heteroatoms. The summed E-state index contributed by atoms with van der Waals surface area (Å²) in [5.74, 6) is -0.205. The van der Waals surface area contributed by atoms with E-state index in [2.05, 4.69) is 0 Å². The van der Waals surface area contributed by atoms with E-state index < -0.39 is 0 Å². The first-order chi connectivity index (χ1) is 7.11. The first kappa shape index (κ1) is 10.6. The smallest absolute Gasteiger partial charge is 0.232 e. The molecule has 84 valence electrons. The molecule has 3 atom stereocenters. The lowest BCUT2D eigenvalue weighted by Gasteiger charge is -2.34. The van der Waals surface area contributed by atoms with Gasteiger partial charge in [-0.3, -0.25) is 14.5 Å². The number of imide groups is 1. The Bertz CT molecular complexity index is 290. The highest BCUT2D eigenvalue weighted by atomic mass is 16.2. The maximum absolute atomic E-state index is 11.8. The number of nitrogens with zero attached hydrogens (tertiary/aromatic N) is 1. The van der Waals surface area contributed by atoms with Gasteiger partial charge in [0.1, 0.15) is 0 Å². The number of carbonyl (C=O) groups is 2. The number of rotatable bonds is 1. The van der Waals surface area contributed by atoms with Gasteiger partial charge in [-0.2, -0.15) is 0 Å². The van der Waals surface area contributed by atoms with Crippen molar-refractivity contribution in [1.29, 1.82) is 0 Å². The summed E-state index contributed by atoms with van der Waals surface area (Å²) >= 11 is 0. The lowest BCUT2D eigenvalue weighted by atomic mass is 9.90. The lowest BCUT2D eigenvalue weighted by Crippen LogP contribution is -2.52. The summed E-state index contributed by atoms with van der Waals surface area (Å²) < 4.78 is 0. The van der Waals surface area contributed by atoms with E-state index in [1.165, 1.54) is 4.90 Å². The third-order valence-corrected chi connectivity index (χ3v) is 3.52. The fourth-order valence-electron chi connectivity index (χ4n) is 2.62. The molecule has 2 rings (SSSR count). The quantitative estimate of drug-likeness (QED) is 0.646. The Morgan fingerprint density at radius 3 is 2.47 bits per heavy atom.